The fourth-order valence-electron chi connectivity index (χ4n) is 5.73. The second-order valence-electron chi connectivity index (χ2n) is 10.4. The summed E-state index contributed by atoms with van der Waals surface area (Å²) in [7, 11) is 1.76. The lowest BCUT2D eigenvalue weighted by atomic mass is 9.92. The van der Waals surface area contributed by atoms with Crippen LogP contribution in [0.2, 0.25) is 0 Å². The second-order valence-corrected chi connectivity index (χ2v) is 10.4. The van der Waals surface area contributed by atoms with Crippen molar-refractivity contribution in [1.82, 2.24) is 24.6 Å². The lowest BCUT2D eigenvalue weighted by molar-refractivity contribution is 0.119. The quantitative estimate of drug-likeness (QED) is 0.429. The molecule has 0 atom stereocenters. The monoisotopic (exact) mass is 510 g/mol. The van der Waals surface area contributed by atoms with Crippen LogP contribution in [0.5, 0.6) is 5.88 Å². The zero-order valence-electron chi connectivity index (χ0n) is 22.3. The molecule has 1 saturated heterocycles. The summed E-state index contributed by atoms with van der Waals surface area (Å²) in [5.41, 5.74) is 2.89. The van der Waals surface area contributed by atoms with Gasteiger partial charge in [-0.1, -0.05) is 0 Å². The second kappa shape index (κ2) is 11.7. The molecule has 1 aliphatic heterocycles. The van der Waals surface area contributed by atoms with Crippen molar-refractivity contribution in [2.45, 2.75) is 70.4 Å². The maximum absolute atomic E-state index is 14.4. The number of aryl methyl sites for hydroxylation is 1. The van der Waals surface area contributed by atoms with Gasteiger partial charge < -0.3 is 19.7 Å². The smallest absolute Gasteiger partial charge is 0.250 e. The molecule has 1 saturated carbocycles. The largest absolute Gasteiger partial charge is 0.472 e. The number of pyridine rings is 2. The first-order valence-corrected chi connectivity index (χ1v) is 13.7. The highest BCUT2D eigenvalue weighted by atomic mass is 19.1. The van der Waals surface area contributed by atoms with Gasteiger partial charge >= 0.3 is 0 Å². The van der Waals surface area contributed by atoms with Crippen LogP contribution in [0, 0.1) is 12.7 Å². The van der Waals surface area contributed by atoms with E-state index in [9.17, 15) is 4.39 Å². The number of nitrogens with one attached hydrogen (secondary N) is 1. The van der Waals surface area contributed by atoms with Crippen molar-refractivity contribution in [3.8, 4) is 5.88 Å². The number of hydrogen-bond acceptors (Lipinski definition) is 7. The summed E-state index contributed by atoms with van der Waals surface area (Å²) in [6, 6.07) is 4.10. The van der Waals surface area contributed by atoms with Gasteiger partial charge in [-0.05, 0) is 77.1 Å². The molecule has 0 amide bonds. The number of likely N-dealkylation sites (tertiary alicyclic amines) is 1. The SMILES string of the molecule is CCNc1cc2c(cn1)c(C1CCN(CCOC)CC1)nn2C1CCC(Oc2nccc(C)c2F)CC1. The molecular formula is C28H39FN6O2. The molecule has 5 rings (SSSR count). The zero-order chi connectivity index (χ0) is 25.8. The predicted molar refractivity (Wildman–Crippen MR) is 143 cm³/mol. The van der Waals surface area contributed by atoms with Crippen LogP contribution in [0.25, 0.3) is 10.9 Å². The molecule has 2 fully saturated rings. The number of halogens is 1. The van der Waals surface area contributed by atoms with E-state index in [0.717, 1.165) is 82.6 Å². The normalized spacial score (nSPS) is 21.4. The number of hydrogen-bond donors (Lipinski definition) is 1. The van der Waals surface area contributed by atoms with Crippen LogP contribution in [0.1, 0.15) is 68.7 Å². The van der Waals surface area contributed by atoms with Gasteiger partial charge in [0.05, 0.1) is 23.9 Å². The van der Waals surface area contributed by atoms with Gasteiger partial charge in [0.1, 0.15) is 11.9 Å². The molecule has 0 bridgehead atoms. The van der Waals surface area contributed by atoms with Crippen molar-refractivity contribution in [2.24, 2.45) is 0 Å². The Morgan fingerprint density at radius 1 is 1.11 bits per heavy atom. The summed E-state index contributed by atoms with van der Waals surface area (Å²) < 4.78 is 27.9. The van der Waals surface area contributed by atoms with Crippen LogP contribution in [-0.4, -0.2) is 70.6 Å². The molecule has 0 unspecified atom stereocenters. The lowest BCUT2D eigenvalue weighted by Gasteiger charge is -2.31. The minimum absolute atomic E-state index is 0.0308. The fraction of sp³-hybridized carbons (Fsp3) is 0.607. The van der Waals surface area contributed by atoms with Crippen LogP contribution in [0.4, 0.5) is 10.2 Å². The molecule has 37 heavy (non-hydrogen) atoms. The Balaban J connectivity index is 1.33. The summed E-state index contributed by atoms with van der Waals surface area (Å²) in [6.45, 7) is 8.54. The summed E-state index contributed by atoms with van der Waals surface area (Å²) >= 11 is 0. The first kappa shape index (κ1) is 25.9. The molecule has 0 radical (unpaired) electrons. The third kappa shape index (κ3) is 5.72. The molecule has 2 aliphatic rings. The maximum Gasteiger partial charge on any atom is 0.250 e. The lowest BCUT2D eigenvalue weighted by Crippen LogP contribution is -2.35. The van der Waals surface area contributed by atoms with Crippen molar-refractivity contribution >= 4 is 16.7 Å². The Labute approximate surface area is 218 Å². The Morgan fingerprint density at radius 3 is 2.62 bits per heavy atom. The highest BCUT2D eigenvalue weighted by molar-refractivity contribution is 5.84. The molecule has 4 heterocycles. The van der Waals surface area contributed by atoms with Crippen molar-refractivity contribution < 1.29 is 13.9 Å². The number of aromatic nitrogens is 4. The summed E-state index contributed by atoms with van der Waals surface area (Å²) in [5.74, 6) is 1.08. The Hall–Kier alpha value is -2.78. The molecule has 200 valence electrons. The fourth-order valence-corrected chi connectivity index (χ4v) is 5.73. The summed E-state index contributed by atoms with van der Waals surface area (Å²) in [4.78, 5) is 11.3. The standard InChI is InChI=1S/C28H39FN6O2/c1-4-30-25-17-24-23(18-32-25)27(20-10-13-34(14-11-20)15-16-36-3)33-35(24)21-5-7-22(8-6-21)37-28-26(29)19(2)9-12-31-28/h9,12,17-18,20-22H,4-8,10-11,13-16H2,1-3H3,(H,30,32). The number of anilines is 1. The molecular weight excluding hydrogens is 471 g/mol. The number of ether oxygens (including phenoxy) is 2. The minimum Gasteiger partial charge on any atom is -0.472 e. The van der Waals surface area contributed by atoms with Crippen LogP contribution in [-0.2, 0) is 4.74 Å². The van der Waals surface area contributed by atoms with E-state index in [0.29, 0.717) is 11.5 Å². The van der Waals surface area contributed by atoms with E-state index in [1.54, 1.807) is 26.3 Å². The average Bonchev–Trinajstić information content (AvgIpc) is 3.30. The van der Waals surface area contributed by atoms with Crippen LogP contribution < -0.4 is 10.1 Å². The predicted octanol–water partition coefficient (Wildman–Crippen LogP) is 5.09. The van der Waals surface area contributed by atoms with Crippen LogP contribution in [0.3, 0.4) is 0 Å². The van der Waals surface area contributed by atoms with Gasteiger partial charge in [0.15, 0.2) is 5.82 Å². The number of methoxy groups -OCH3 is 1. The Kier molecular flexibility index (Phi) is 8.20. The van der Waals surface area contributed by atoms with Crippen LogP contribution in [0.15, 0.2) is 24.5 Å². The van der Waals surface area contributed by atoms with Crippen molar-refractivity contribution in [3.05, 3.63) is 41.6 Å². The van der Waals surface area contributed by atoms with Gasteiger partial charge in [0, 0.05) is 50.0 Å². The number of piperidine rings is 1. The molecule has 3 aromatic rings. The first-order valence-electron chi connectivity index (χ1n) is 13.7. The molecule has 1 N–H and O–H groups in total. The zero-order valence-corrected chi connectivity index (χ0v) is 22.3. The Bertz CT molecular complexity index is 1180. The molecule has 8 nitrogen and oxygen atoms in total. The van der Waals surface area contributed by atoms with Gasteiger partial charge in [-0.3, -0.25) is 4.68 Å². The highest BCUT2D eigenvalue weighted by Gasteiger charge is 2.30. The van der Waals surface area contributed by atoms with E-state index < -0.39 is 0 Å². The molecule has 9 heteroatoms. The van der Waals surface area contributed by atoms with Gasteiger partial charge in [0.25, 0.3) is 5.88 Å². The van der Waals surface area contributed by atoms with Gasteiger partial charge in [-0.2, -0.15) is 5.10 Å². The van der Waals surface area contributed by atoms with E-state index in [1.165, 1.54) is 11.1 Å². The third-order valence-electron chi connectivity index (χ3n) is 7.88. The van der Waals surface area contributed by atoms with E-state index in [1.807, 2.05) is 6.20 Å². The summed E-state index contributed by atoms with van der Waals surface area (Å²) in [5, 5.41) is 9.78. The first-order chi connectivity index (χ1) is 18.1. The maximum atomic E-state index is 14.4. The van der Waals surface area contributed by atoms with Crippen molar-refractivity contribution in [1.29, 1.82) is 0 Å². The topological polar surface area (TPSA) is 77.3 Å². The molecule has 3 aromatic heterocycles. The van der Waals surface area contributed by atoms with Gasteiger partial charge in [0.2, 0.25) is 0 Å². The number of fused-ring (bicyclic) bond motifs is 1. The summed E-state index contributed by atoms with van der Waals surface area (Å²) in [6.07, 6.45) is 9.33. The number of nitrogens with zero attached hydrogens (tertiary/aromatic N) is 5. The van der Waals surface area contributed by atoms with E-state index in [4.69, 9.17) is 14.6 Å². The van der Waals surface area contributed by atoms with E-state index in [2.05, 4.69) is 37.9 Å². The third-order valence-corrected chi connectivity index (χ3v) is 7.88. The van der Waals surface area contributed by atoms with Gasteiger partial charge in [-0.15, -0.1) is 0 Å². The highest BCUT2D eigenvalue weighted by Crippen LogP contribution is 2.38. The molecule has 0 aromatic carbocycles. The van der Waals surface area contributed by atoms with E-state index >= 15 is 0 Å². The molecule has 1 aliphatic carbocycles. The minimum atomic E-state index is -0.357. The average molecular weight is 511 g/mol. The molecule has 0 spiro atoms. The van der Waals surface area contributed by atoms with Crippen molar-refractivity contribution in [3.63, 3.8) is 0 Å². The number of rotatable bonds is 9. The van der Waals surface area contributed by atoms with Crippen LogP contribution >= 0.6 is 0 Å². The van der Waals surface area contributed by atoms with Crippen molar-refractivity contribution in [2.75, 3.05) is 45.2 Å². The van der Waals surface area contributed by atoms with E-state index in [-0.39, 0.29) is 23.8 Å². The Morgan fingerprint density at radius 2 is 1.89 bits per heavy atom. The van der Waals surface area contributed by atoms with Gasteiger partial charge in [-0.25, -0.2) is 14.4 Å².